The third-order valence-corrected chi connectivity index (χ3v) is 2.95. The van der Waals surface area contributed by atoms with E-state index in [2.05, 4.69) is 10.6 Å². The molecule has 0 heterocycles. The van der Waals surface area contributed by atoms with Crippen LogP contribution in [0.25, 0.3) is 0 Å². The Morgan fingerprint density at radius 2 is 2.06 bits per heavy atom. The monoisotopic (exact) mass is 263 g/mol. The van der Waals surface area contributed by atoms with E-state index >= 15 is 0 Å². The van der Waals surface area contributed by atoms with E-state index in [9.17, 15) is 9.59 Å². The normalized spacial score (nSPS) is 24.6. The molecule has 0 spiro atoms. The summed E-state index contributed by atoms with van der Waals surface area (Å²) in [6.45, 7) is 4.12. The molecule has 0 bridgehead atoms. The fourth-order valence-corrected chi connectivity index (χ4v) is 1.98. The molecule has 5 nitrogen and oxygen atoms in total. The van der Waals surface area contributed by atoms with Crippen molar-refractivity contribution in [2.45, 2.75) is 45.2 Å². The van der Waals surface area contributed by atoms with Crippen LogP contribution >= 0.6 is 12.4 Å². The molecule has 0 aliphatic heterocycles. The maximum Gasteiger partial charge on any atom is 0.242 e. The van der Waals surface area contributed by atoms with Gasteiger partial charge in [-0.25, -0.2) is 0 Å². The third-order valence-electron chi connectivity index (χ3n) is 2.95. The predicted molar refractivity (Wildman–Crippen MR) is 68.9 cm³/mol. The molecule has 0 saturated heterocycles. The topological polar surface area (TPSA) is 84.2 Å². The Kier molecular flexibility index (Phi) is 7.15. The second-order valence-electron chi connectivity index (χ2n) is 4.39. The Labute approximate surface area is 108 Å². The Balaban J connectivity index is 0.00000256. The van der Waals surface area contributed by atoms with E-state index in [4.69, 9.17) is 5.73 Å². The van der Waals surface area contributed by atoms with Gasteiger partial charge in [-0.3, -0.25) is 9.59 Å². The molecule has 6 heteroatoms. The van der Waals surface area contributed by atoms with Crippen LogP contribution in [0.3, 0.4) is 0 Å². The fraction of sp³-hybridized carbons (Fsp3) is 0.818. The van der Waals surface area contributed by atoms with E-state index in [-0.39, 0.29) is 36.2 Å². The van der Waals surface area contributed by atoms with E-state index in [0.717, 1.165) is 19.3 Å². The maximum absolute atomic E-state index is 11.8. The van der Waals surface area contributed by atoms with Gasteiger partial charge in [0.25, 0.3) is 0 Å². The minimum Gasteiger partial charge on any atom is -0.355 e. The summed E-state index contributed by atoms with van der Waals surface area (Å²) in [5, 5.41) is 5.39. The quantitative estimate of drug-likeness (QED) is 0.676. The molecule has 0 aromatic carbocycles. The number of hydrogen-bond donors (Lipinski definition) is 3. The predicted octanol–water partition coefficient (Wildman–Crippen LogP) is 0.176. The Bertz CT molecular complexity index is 273. The highest BCUT2D eigenvalue weighted by Gasteiger charge is 2.29. The largest absolute Gasteiger partial charge is 0.355 e. The second kappa shape index (κ2) is 7.50. The Morgan fingerprint density at radius 1 is 1.41 bits per heavy atom. The van der Waals surface area contributed by atoms with Crippen molar-refractivity contribution < 1.29 is 9.59 Å². The number of rotatable bonds is 4. The summed E-state index contributed by atoms with van der Waals surface area (Å²) in [5.74, 6) is -0.211. The Hall–Kier alpha value is -0.810. The summed E-state index contributed by atoms with van der Waals surface area (Å²) in [4.78, 5) is 23.2. The zero-order valence-corrected chi connectivity index (χ0v) is 11.2. The summed E-state index contributed by atoms with van der Waals surface area (Å²) >= 11 is 0. The minimum atomic E-state index is -0.468. The average Bonchev–Trinajstić information content (AvgIpc) is 2.65. The maximum atomic E-state index is 11.8. The van der Waals surface area contributed by atoms with Crippen LogP contribution in [0.4, 0.5) is 0 Å². The summed E-state index contributed by atoms with van der Waals surface area (Å²) in [5.41, 5.74) is 5.74. The summed E-state index contributed by atoms with van der Waals surface area (Å²) in [7, 11) is 0. The van der Waals surface area contributed by atoms with Gasteiger partial charge in [0.15, 0.2) is 0 Å². The second-order valence-corrected chi connectivity index (χ2v) is 4.39. The van der Waals surface area contributed by atoms with Crippen LogP contribution in [0, 0.1) is 5.92 Å². The first-order chi connectivity index (χ1) is 7.54. The summed E-state index contributed by atoms with van der Waals surface area (Å²) in [6.07, 6.45) is 2.46. The molecule has 1 aliphatic rings. The van der Waals surface area contributed by atoms with Crippen LogP contribution in [0.5, 0.6) is 0 Å². The lowest BCUT2D eigenvalue weighted by Crippen LogP contribution is -2.46. The van der Waals surface area contributed by atoms with E-state index in [1.165, 1.54) is 0 Å². The zero-order chi connectivity index (χ0) is 12.1. The molecule has 100 valence electrons. The van der Waals surface area contributed by atoms with Crippen molar-refractivity contribution in [1.82, 2.24) is 10.6 Å². The molecule has 1 rings (SSSR count). The number of amides is 2. The lowest BCUT2D eigenvalue weighted by molar-refractivity contribution is -0.130. The van der Waals surface area contributed by atoms with Gasteiger partial charge in [-0.05, 0) is 33.1 Å². The van der Waals surface area contributed by atoms with Gasteiger partial charge in [0.1, 0.15) is 6.04 Å². The third kappa shape index (κ3) is 4.91. The van der Waals surface area contributed by atoms with Crippen molar-refractivity contribution >= 4 is 24.2 Å². The van der Waals surface area contributed by atoms with Crippen molar-refractivity contribution in [2.24, 2.45) is 11.7 Å². The molecule has 17 heavy (non-hydrogen) atoms. The van der Waals surface area contributed by atoms with Gasteiger partial charge in [0.2, 0.25) is 11.8 Å². The summed E-state index contributed by atoms with van der Waals surface area (Å²) < 4.78 is 0. The SMILES string of the molecule is CCNC(=O)C(C)NC(=O)C1CCC(N)C1.Cl. The van der Waals surface area contributed by atoms with Crippen LogP contribution < -0.4 is 16.4 Å². The Morgan fingerprint density at radius 3 is 2.53 bits per heavy atom. The van der Waals surface area contributed by atoms with Crippen molar-refractivity contribution in [3.8, 4) is 0 Å². The molecule has 4 N–H and O–H groups in total. The number of nitrogens with one attached hydrogen (secondary N) is 2. The lowest BCUT2D eigenvalue weighted by atomic mass is 10.1. The van der Waals surface area contributed by atoms with E-state index in [0.29, 0.717) is 6.54 Å². The van der Waals surface area contributed by atoms with Crippen LogP contribution in [0.15, 0.2) is 0 Å². The van der Waals surface area contributed by atoms with Crippen LogP contribution in [0.1, 0.15) is 33.1 Å². The van der Waals surface area contributed by atoms with Gasteiger partial charge in [-0.15, -0.1) is 12.4 Å². The van der Waals surface area contributed by atoms with Crippen LogP contribution in [-0.2, 0) is 9.59 Å². The van der Waals surface area contributed by atoms with E-state index < -0.39 is 6.04 Å². The molecule has 2 amide bonds. The minimum absolute atomic E-state index is 0. The number of carbonyl (C=O) groups is 2. The van der Waals surface area contributed by atoms with Crippen molar-refractivity contribution in [1.29, 1.82) is 0 Å². The highest BCUT2D eigenvalue weighted by atomic mass is 35.5. The van der Waals surface area contributed by atoms with E-state index in [1.807, 2.05) is 6.92 Å². The van der Waals surface area contributed by atoms with Crippen LogP contribution in [-0.4, -0.2) is 30.4 Å². The number of hydrogen-bond acceptors (Lipinski definition) is 3. The molecular weight excluding hydrogens is 242 g/mol. The lowest BCUT2D eigenvalue weighted by Gasteiger charge is -2.16. The molecule has 1 fully saturated rings. The highest BCUT2D eigenvalue weighted by molar-refractivity contribution is 5.88. The molecule has 0 aromatic rings. The molecule has 3 atom stereocenters. The van der Waals surface area contributed by atoms with Gasteiger partial charge in [-0.2, -0.15) is 0 Å². The van der Waals surface area contributed by atoms with Crippen LogP contribution in [0.2, 0.25) is 0 Å². The number of likely N-dealkylation sites (N-methyl/N-ethyl adjacent to an activating group) is 1. The molecular formula is C11H22ClN3O2. The van der Waals surface area contributed by atoms with Gasteiger partial charge < -0.3 is 16.4 Å². The fourth-order valence-electron chi connectivity index (χ4n) is 1.98. The standard InChI is InChI=1S/C11H21N3O2.ClH/c1-3-13-10(15)7(2)14-11(16)8-4-5-9(12)6-8;/h7-9H,3-6,12H2,1-2H3,(H,13,15)(H,14,16);1H. The molecule has 1 saturated carbocycles. The van der Waals surface area contributed by atoms with E-state index in [1.54, 1.807) is 6.92 Å². The first-order valence-corrected chi connectivity index (χ1v) is 5.88. The van der Waals surface area contributed by atoms with Crippen molar-refractivity contribution in [2.75, 3.05) is 6.54 Å². The van der Waals surface area contributed by atoms with Gasteiger partial charge >= 0.3 is 0 Å². The smallest absolute Gasteiger partial charge is 0.242 e. The number of nitrogens with two attached hydrogens (primary N) is 1. The molecule has 0 aromatic heterocycles. The number of halogens is 1. The summed E-state index contributed by atoms with van der Waals surface area (Å²) in [6, 6.07) is -0.334. The molecule has 0 radical (unpaired) electrons. The first-order valence-electron chi connectivity index (χ1n) is 5.88. The van der Waals surface area contributed by atoms with Gasteiger partial charge in [0.05, 0.1) is 0 Å². The van der Waals surface area contributed by atoms with Gasteiger partial charge in [-0.1, -0.05) is 0 Å². The molecule has 3 unspecified atom stereocenters. The molecule has 1 aliphatic carbocycles. The number of carbonyl (C=O) groups excluding carboxylic acids is 2. The van der Waals surface area contributed by atoms with Gasteiger partial charge in [0, 0.05) is 18.5 Å². The average molecular weight is 264 g/mol. The first kappa shape index (κ1) is 16.2. The van der Waals surface area contributed by atoms with Crippen molar-refractivity contribution in [3.63, 3.8) is 0 Å². The zero-order valence-electron chi connectivity index (χ0n) is 10.4. The highest BCUT2D eigenvalue weighted by Crippen LogP contribution is 2.24. The van der Waals surface area contributed by atoms with Crippen molar-refractivity contribution in [3.05, 3.63) is 0 Å².